The van der Waals surface area contributed by atoms with E-state index in [0.717, 1.165) is 31.7 Å². The van der Waals surface area contributed by atoms with Gasteiger partial charge in [0.15, 0.2) is 0 Å². The Morgan fingerprint density at radius 2 is 2.10 bits per heavy atom. The van der Waals surface area contributed by atoms with Crippen molar-refractivity contribution in [3.05, 3.63) is 24.4 Å². The molecule has 1 aromatic heterocycles. The number of halogens is 2. The lowest BCUT2D eigenvalue weighted by Crippen LogP contribution is -2.45. The van der Waals surface area contributed by atoms with Crippen LogP contribution in [0.5, 0.6) is 0 Å². The maximum atomic E-state index is 11.7. The van der Waals surface area contributed by atoms with E-state index in [0.29, 0.717) is 6.42 Å². The molecule has 0 spiro atoms. The second kappa shape index (κ2) is 9.82. The first-order valence-electron chi connectivity index (χ1n) is 6.86. The molecule has 0 aromatic carbocycles. The number of nitrogens with two attached hydrogens (primary N) is 1. The summed E-state index contributed by atoms with van der Waals surface area (Å²) in [7, 11) is 0. The van der Waals surface area contributed by atoms with Crippen molar-refractivity contribution in [3.63, 3.8) is 0 Å². The molecule has 1 unspecified atom stereocenters. The molecule has 3 N–H and O–H groups in total. The van der Waals surface area contributed by atoms with Crippen molar-refractivity contribution in [2.45, 2.75) is 38.3 Å². The highest BCUT2D eigenvalue weighted by Gasteiger charge is 2.21. The monoisotopic (exact) mass is 334 g/mol. The van der Waals surface area contributed by atoms with Gasteiger partial charge in [-0.25, -0.2) is 4.98 Å². The standard InChI is InChI=1S/C14H22N4O.2ClH/c1-11(15)10-14(19)17-12-5-8-18(9-6-12)13-4-2-3-7-16-13;;/h2-4,7,11-12H,5-6,8-10,15H2,1H3,(H,17,19);2*1H. The molecule has 120 valence electrons. The molecule has 1 aliphatic rings. The number of nitrogens with one attached hydrogen (secondary N) is 1. The molecule has 1 aromatic rings. The first-order chi connectivity index (χ1) is 9.15. The van der Waals surface area contributed by atoms with Crippen LogP contribution >= 0.6 is 24.8 Å². The van der Waals surface area contributed by atoms with Gasteiger partial charge in [0.25, 0.3) is 0 Å². The quantitative estimate of drug-likeness (QED) is 0.879. The summed E-state index contributed by atoms with van der Waals surface area (Å²) in [6, 6.07) is 6.14. The molecular formula is C14H24Cl2N4O. The van der Waals surface area contributed by atoms with Crippen LogP contribution in [0.2, 0.25) is 0 Å². The molecule has 2 rings (SSSR count). The molecule has 0 radical (unpaired) electrons. The second-order valence-corrected chi connectivity index (χ2v) is 5.20. The number of anilines is 1. The first-order valence-corrected chi connectivity index (χ1v) is 6.86. The fraction of sp³-hybridized carbons (Fsp3) is 0.571. The normalized spacial score (nSPS) is 16.4. The molecule has 1 atom stereocenters. The van der Waals surface area contributed by atoms with E-state index in [1.807, 2.05) is 31.3 Å². The number of nitrogens with zero attached hydrogens (tertiary/aromatic N) is 2. The van der Waals surface area contributed by atoms with Crippen LogP contribution in [0, 0.1) is 0 Å². The minimum absolute atomic E-state index is 0. The third-order valence-electron chi connectivity index (χ3n) is 3.34. The highest BCUT2D eigenvalue weighted by Crippen LogP contribution is 2.17. The van der Waals surface area contributed by atoms with Crippen molar-refractivity contribution in [2.75, 3.05) is 18.0 Å². The lowest BCUT2D eigenvalue weighted by atomic mass is 10.0. The Hall–Kier alpha value is -1.04. The Morgan fingerprint density at radius 1 is 1.43 bits per heavy atom. The smallest absolute Gasteiger partial charge is 0.221 e. The molecule has 1 saturated heterocycles. The molecule has 0 saturated carbocycles. The highest BCUT2D eigenvalue weighted by molar-refractivity contribution is 5.85. The number of rotatable bonds is 4. The molecule has 5 nitrogen and oxygen atoms in total. The molecule has 1 aliphatic heterocycles. The van der Waals surface area contributed by atoms with Gasteiger partial charge in [-0.15, -0.1) is 24.8 Å². The molecule has 0 aliphatic carbocycles. The van der Waals surface area contributed by atoms with E-state index in [1.54, 1.807) is 0 Å². The average Bonchev–Trinajstić information content (AvgIpc) is 2.39. The third kappa shape index (κ3) is 6.50. The van der Waals surface area contributed by atoms with Crippen LogP contribution in [0.15, 0.2) is 24.4 Å². The fourth-order valence-electron chi connectivity index (χ4n) is 2.37. The van der Waals surface area contributed by atoms with Gasteiger partial charge in [0, 0.05) is 37.8 Å². The van der Waals surface area contributed by atoms with E-state index in [1.165, 1.54) is 0 Å². The Balaban J connectivity index is 0.00000200. The number of carbonyl (C=O) groups excluding carboxylic acids is 1. The largest absolute Gasteiger partial charge is 0.356 e. The lowest BCUT2D eigenvalue weighted by molar-refractivity contribution is -0.122. The molecule has 21 heavy (non-hydrogen) atoms. The predicted molar refractivity (Wildman–Crippen MR) is 90.4 cm³/mol. The van der Waals surface area contributed by atoms with Crippen LogP contribution in [0.4, 0.5) is 5.82 Å². The first kappa shape index (κ1) is 20.0. The number of pyridine rings is 1. The van der Waals surface area contributed by atoms with E-state index in [-0.39, 0.29) is 42.8 Å². The average molecular weight is 335 g/mol. The zero-order valence-corrected chi connectivity index (χ0v) is 13.8. The Labute approximate surface area is 138 Å². The maximum absolute atomic E-state index is 11.7. The lowest BCUT2D eigenvalue weighted by Gasteiger charge is -2.33. The summed E-state index contributed by atoms with van der Waals surface area (Å²) in [5.74, 6) is 1.08. The van der Waals surface area contributed by atoms with Crippen molar-refractivity contribution in [3.8, 4) is 0 Å². The number of hydrogen-bond acceptors (Lipinski definition) is 4. The Kier molecular flexibility index (Phi) is 9.33. The van der Waals surface area contributed by atoms with Crippen LogP contribution in [0.25, 0.3) is 0 Å². The van der Waals surface area contributed by atoms with Crippen LogP contribution in [0.3, 0.4) is 0 Å². The summed E-state index contributed by atoms with van der Waals surface area (Å²) in [5, 5.41) is 3.06. The van der Waals surface area contributed by atoms with Crippen LogP contribution in [-0.4, -0.2) is 36.1 Å². The highest BCUT2D eigenvalue weighted by atomic mass is 35.5. The molecular weight excluding hydrogens is 311 g/mol. The fourth-order valence-corrected chi connectivity index (χ4v) is 2.37. The molecule has 1 fully saturated rings. The van der Waals surface area contributed by atoms with Crippen molar-refractivity contribution >= 4 is 36.5 Å². The Bertz CT molecular complexity index is 409. The second-order valence-electron chi connectivity index (χ2n) is 5.20. The van der Waals surface area contributed by atoms with Crippen molar-refractivity contribution < 1.29 is 4.79 Å². The number of aromatic nitrogens is 1. The van der Waals surface area contributed by atoms with Gasteiger partial charge in [-0.05, 0) is 31.9 Å². The maximum Gasteiger partial charge on any atom is 0.221 e. The summed E-state index contributed by atoms with van der Waals surface area (Å²) in [5.41, 5.74) is 5.62. The summed E-state index contributed by atoms with van der Waals surface area (Å²) < 4.78 is 0. The molecule has 1 amide bonds. The van der Waals surface area contributed by atoms with Crippen molar-refractivity contribution in [1.29, 1.82) is 0 Å². The minimum Gasteiger partial charge on any atom is -0.356 e. The zero-order valence-electron chi connectivity index (χ0n) is 12.2. The summed E-state index contributed by atoms with van der Waals surface area (Å²) in [4.78, 5) is 18.3. The van der Waals surface area contributed by atoms with Gasteiger partial charge in [0.05, 0.1) is 0 Å². The van der Waals surface area contributed by atoms with Gasteiger partial charge in [0.1, 0.15) is 5.82 Å². The Morgan fingerprint density at radius 3 is 2.62 bits per heavy atom. The summed E-state index contributed by atoms with van der Waals surface area (Å²) in [6.07, 6.45) is 4.13. The van der Waals surface area contributed by atoms with Gasteiger partial charge in [-0.3, -0.25) is 4.79 Å². The third-order valence-corrected chi connectivity index (χ3v) is 3.34. The topological polar surface area (TPSA) is 71.2 Å². The van der Waals surface area contributed by atoms with Gasteiger partial charge in [0.2, 0.25) is 5.91 Å². The predicted octanol–water partition coefficient (Wildman–Crippen LogP) is 1.75. The number of hydrogen-bond donors (Lipinski definition) is 2. The molecule has 0 bridgehead atoms. The summed E-state index contributed by atoms with van der Waals surface area (Å²) >= 11 is 0. The molecule has 2 heterocycles. The number of amides is 1. The van der Waals surface area contributed by atoms with E-state index in [2.05, 4.69) is 15.2 Å². The minimum atomic E-state index is -0.0754. The SMILES string of the molecule is CC(N)CC(=O)NC1CCN(c2ccccn2)CC1.Cl.Cl. The van der Waals surface area contributed by atoms with E-state index in [4.69, 9.17) is 5.73 Å². The number of carbonyl (C=O) groups is 1. The molecule has 7 heteroatoms. The van der Waals surface area contributed by atoms with E-state index in [9.17, 15) is 4.79 Å². The van der Waals surface area contributed by atoms with Gasteiger partial charge >= 0.3 is 0 Å². The van der Waals surface area contributed by atoms with Gasteiger partial charge < -0.3 is 16.0 Å². The zero-order chi connectivity index (χ0) is 13.7. The van der Waals surface area contributed by atoms with Crippen LogP contribution < -0.4 is 16.0 Å². The summed E-state index contributed by atoms with van der Waals surface area (Å²) in [6.45, 7) is 3.71. The van der Waals surface area contributed by atoms with Crippen LogP contribution in [0.1, 0.15) is 26.2 Å². The number of piperidine rings is 1. The van der Waals surface area contributed by atoms with E-state index < -0.39 is 0 Å². The van der Waals surface area contributed by atoms with Crippen LogP contribution in [-0.2, 0) is 4.79 Å². The van der Waals surface area contributed by atoms with Gasteiger partial charge in [-0.2, -0.15) is 0 Å². The van der Waals surface area contributed by atoms with E-state index >= 15 is 0 Å². The van der Waals surface area contributed by atoms with Crippen molar-refractivity contribution in [2.24, 2.45) is 5.73 Å². The van der Waals surface area contributed by atoms with Crippen molar-refractivity contribution in [1.82, 2.24) is 10.3 Å². The van der Waals surface area contributed by atoms with Gasteiger partial charge in [-0.1, -0.05) is 6.07 Å².